The van der Waals surface area contributed by atoms with Crippen molar-refractivity contribution in [2.75, 3.05) is 18.5 Å². The predicted octanol–water partition coefficient (Wildman–Crippen LogP) is 5.71. The summed E-state index contributed by atoms with van der Waals surface area (Å²) < 4.78 is 12.3. The molecule has 0 amide bonds. The third kappa shape index (κ3) is 3.67. The van der Waals surface area contributed by atoms with Gasteiger partial charge in [0.05, 0.1) is 12.7 Å². The number of hydrogen-bond donors (Lipinski definition) is 1. The average molecular weight is 344 g/mol. The van der Waals surface area contributed by atoms with Crippen LogP contribution in [0.4, 0.5) is 5.69 Å². The van der Waals surface area contributed by atoms with E-state index < -0.39 is 0 Å². The van der Waals surface area contributed by atoms with Gasteiger partial charge in [0.2, 0.25) is 0 Å². The molecule has 1 aromatic carbocycles. The number of unbranched alkanes of at least 4 members (excludes halogenated alkanes) is 1. The Kier molecular flexibility index (Phi) is 5.50. The van der Waals surface area contributed by atoms with Gasteiger partial charge in [0.15, 0.2) is 0 Å². The molecule has 1 aromatic rings. The van der Waals surface area contributed by atoms with Crippen molar-refractivity contribution in [2.24, 2.45) is 11.8 Å². The van der Waals surface area contributed by atoms with Gasteiger partial charge in [0.1, 0.15) is 5.75 Å². The van der Waals surface area contributed by atoms with Crippen LogP contribution < -0.4 is 10.1 Å². The van der Waals surface area contributed by atoms with Crippen LogP contribution >= 0.6 is 0 Å². The molecule has 1 aliphatic carbocycles. The summed E-state index contributed by atoms with van der Waals surface area (Å²) in [6.07, 6.45) is 12.0. The minimum absolute atomic E-state index is 0.256. The molecule has 2 aliphatic heterocycles. The first-order valence-corrected chi connectivity index (χ1v) is 10.5. The number of nitrogens with one attached hydrogen (secondary N) is 1. The van der Waals surface area contributed by atoms with Crippen molar-refractivity contribution in [3.63, 3.8) is 0 Å². The van der Waals surface area contributed by atoms with Crippen molar-refractivity contribution in [1.29, 1.82) is 0 Å². The standard InChI is InChI=1S/C22H33NO2/c1-2-3-13-24-17-11-12-20-19(15-17)22-18(10-7-14-25-22)21(23-20)16-8-5-4-6-9-16/h11-12,15-16,18,21-23H,2-10,13-14H2,1H3/t18-,21?,22-/m0/s1. The monoisotopic (exact) mass is 343 g/mol. The van der Waals surface area contributed by atoms with Crippen LogP contribution in [0.2, 0.25) is 0 Å². The number of rotatable bonds is 5. The van der Waals surface area contributed by atoms with E-state index in [2.05, 4.69) is 30.4 Å². The molecular formula is C22H33NO2. The predicted molar refractivity (Wildman–Crippen MR) is 102 cm³/mol. The highest BCUT2D eigenvalue weighted by molar-refractivity contribution is 5.58. The highest BCUT2D eigenvalue weighted by Gasteiger charge is 2.42. The maximum atomic E-state index is 6.31. The summed E-state index contributed by atoms with van der Waals surface area (Å²) in [5.74, 6) is 2.44. The highest BCUT2D eigenvalue weighted by Crippen LogP contribution is 2.48. The van der Waals surface area contributed by atoms with Crippen LogP contribution in [0.15, 0.2) is 18.2 Å². The maximum Gasteiger partial charge on any atom is 0.119 e. The van der Waals surface area contributed by atoms with E-state index in [1.807, 2.05) is 0 Å². The van der Waals surface area contributed by atoms with E-state index in [1.54, 1.807) is 0 Å². The summed E-state index contributed by atoms with van der Waals surface area (Å²) in [6.45, 7) is 3.91. The Balaban J connectivity index is 1.57. The molecule has 4 rings (SSSR count). The van der Waals surface area contributed by atoms with E-state index in [0.29, 0.717) is 12.0 Å². The summed E-state index contributed by atoms with van der Waals surface area (Å²) >= 11 is 0. The van der Waals surface area contributed by atoms with Crippen LogP contribution in [0.1, 0.15) is 76.4 Å². The van der Waals surface area contributed by atoms with Crippen molar-refractivity contribution in [3.8, 4) is 5.75 Å². The Morgan fingerprint density at radius 2 is 2.00 bits per heavy atom. The Labute approximate surface area is 152 Å². The van der Waals surface area contributed by atoms with E-state index >= 15 is 0 Å². The second kappa shape index (κ2) is 7.99. The van der Waals surface area contributed by atoms with Gasteiger partial charge in [-0.3, -0.25) is 0 Å². The molecule has 25 heavy (non-hydrogen) atoms. The molecular weight excluding hydrogens is 310 g/mol. The minimum Gasteiger partial charge on any atom is -0.494 e. The quantitative estimate of drug-likeness (QED) is 0.695. The lowest BCUT2D eigenvalue weighted by molar-refractivity contribution is -0.0459. The smallest absolute Gasteiger partial charge is 0.119 e. The summed E-state index contributed by atoms with van der Waals surface area (Å²) in [5.41, 5.74) is 2.60. The number of benzene rings is 1. The largest absolute Gasteiger partial charge is 0.494 e. The van der Waals surface area contributed by atoms with Gasteiger partial charge >= 0.3 is 0 Å². The maximum absolute atomic E-state index is 6.31. The van der Waals surface area contributed by atoms with Crippen LogP contribution in [0, 0.1) is 11.8 Å². The highest BCUT2D eigenvalue weighted by atomic mass is 16.5. The molecule has 138 valence electrons. The van der Waals surface area contributed by atoms with Gasteiger partial charge in [-0.15, -0.1) is 0 Å². The second-order valence-electron chi connectivity index (χ2n) is 8.12. The lowest BCUT2D eigenvalue weighted by Crippen LogP contribution is -2.46. The topological polar surface area (TPSA) is 30.5 Å². The van der Waals surface area contributed by atoms with Crippen molar-refractivity contribution in [3.05, 3.63) is 23.8 Å². The van der Waals surface area contributed by atoms with Crippen molar-refractivity contribution >= 4 is 5.69 Å². The molecule has 2 fully saturated rings. The van der Waals surface area contributed by atoms with E-state index in [9.17, 15) is 0 Å². The van der Waals surface area contributed by atoms with Gasteiger partial charge in [-0.1, -0.05) is 32.6 Å². The molecule has 0 spiro atoms. The van der Waals surface area contributed by atoms with Crippen molar-refractivity contribution < 1.29 is 9.47 Å². The van der Waals surface area contributed by atoms with Crippen LogP contribution in [0.3, 0.4) is 0 Å². The molecule has 3 aliphatic rings. The van der Waals surface area contributed by atoms with Gasteiger partial charge < -0.3 is 14.8 Å². The molecule has 1 unspecified atom stereocenters. The van der Waals surface area contributed by atoms with Gasteiger partial charge in [-0.25, -0.2) is 0 Å². The molecule has 1 saturated carbocycles. The SMILES string of the molecule is CCCCOc1ccc2c(c1)[C@H]1OCCC[C@H]1C(C1CCCCC1)N2. The fourth-order valence-corrected chi connectivity index (χ4v) is 5.07. The average Bonchev–Trinajstić information content (AvgIpc) is 2.68. The zero-order chi connectivity index (χ0) is 17.1. The molecule has 1 N–H and O–H groups in total. The number of fused-ring (bicyclic) bond motifs is 3. The van der Waals surface area contributed by atoms with Crippen LogP contribution in [-0.2, 0) is 4.74 Å². The first-order valence-electron chi connectivity index (χ1n) is 10.5. The Bertz CT molecular complexity index is 567. The van der Waals surface area contributed by atoms with Crippen LogP contribution in [0.5, 0.6) is 5.75 Å². The second-order valence-corrected chi connectivity index (χ2v) is 8.12. The molecule has 2 heterocycles. The van der Waals surface area contributed by atoms with Gasteiger partial charge in [-0.05, 0) is 56.2 Å². The molecule has 1 saturated heterocycles. The lowest BCUT2D eigenvalue weighted by Gasteiger charge is -2.47. The van der Waals surface area contributed by atoms with Crippen molar-refractivity contribution in [2.45, 2.75) is 76.9 Å². The van der Waals surface area contributed by atoms with E-state index in [1.165, 1.54) is 62.6 Å². The van der Waals surface area contributed by atoms with E-state index in [4.69, 9.17) is 9.47 Å². The molecule has 3 heteroatoms. The Morgan fingerprint density at radius 3 is 2.84 bits per heavy atom. The summed E-state index contributed by atoms with van der Waals surface area (Å²) in [5, 5.41) is 3.92. The lowest BCUT2D eigenvalue weighted by atomic mass is 9.71. The van der Waals surface area contributed by atoms with E-state index in [-0.39, 0.29) is 6.10 Å². The molecule has 3 nitrogen and oxygen atoms in total. The van der Waals surface area contributed by atoms with Gasteiger partial charge in [0, 0.05) is 29.8 Å². The number of ether oxygens (including phenoxy) is 2. The van der Waals surface area contributed by atoms with Gasteiger partial charge in [0.25, 0.3) is 0 Å². The molecule has 3 atom stereocenters. The zero-order valence-corrected chi connectivity index (χ0v) is 15.6. The summed E-state index contributed by atoms with van der Waals surface area (Å²) in [7, 11) is 0. The molecule has 0 aromatic heterocycles. The summed E-state index contributed by atoms with van der Waals surface area (Å²) in [4.78, 5) is 0. The molecule has 0 bridgehead atoms. The normalized spacial score (nSPS) is 29.4. The van der Waals surface area contributed by atoms with Crippen LogP contribution in [-0.4, -0.2) is 19.3 Å². The third-order valence-electron chi connectivity index (χ3n) is 6.41. The fourth-order valence-electron chi connectivity index (χ4n) is 5.07. The minimum atomic E-state index is 0.256. The molecule has 0 radical (unpaired) electrons. The number of anilines is 1. The third-order valence-corrected chi connectivity index (χ3v) is 6.41. The first-order chi connectivity index (χ1) is 12.4. The Hall–Kier alpha value is -1.22. The summed E-state index contributed by atoms with van der Waals surface area (Å²) in [6, 6.07) is 7.17. The fraction of sp³-hybridized carbons (Fsp3) is 0.727. The first kappa shape index (κ1) is 17.2. The van der Waals surface area contributed by atoms with Crippen LogP contribution in [0.25, 0.3) is 0 Å². The van der Waals surface area contributed by atoms with Crippen molar-refractivity contribution in [1.82, 2.24) is 0 Å². The van der Waals surface area contributed by atoms with Gasteiger partial charge in [-0.2, -0.15) is 0 Å². The zero-order valence-electron chi connectivity index (χ0n) is 15.6. The van der Waals surface area contributed by atoms with E-state index in [0.717, 1.165) is 31.3 Å². The Morgan fingerprint density at radius 1 is 1.12 bits per heavy atom. The number of hydrogen-bond acceptors (Lipinski definition) is 3.